The van der Waals surface area contributed by atoms with Gasteiger partial charge in [0.15, 0.2) is 0 Å². The highest BCUT2D eigenvalue weighted by Gasteiger charge is 2.06. The zero-order chi connectivity index (χ0) is 15.2. The van der Waals surface area contributed by atoms with E-state index in [2.05, 4.69) is 41.5 Å². The minimum absolute atomic E-state index is 0.0524. The molecule has 0 spiro atoms. The Kier molecular flexibility index (Phi) is 5.04. The summed E-state index contributed by atoms with van der Waals surface area (Å²) < 4.78 is 5.59. The second-order valence-electron chi connectivity index (χ2n) is 5.28. The predicted octanol–water partition coefficient (Wildman–Crippen LogP) is 3.63. The summed E-state index contributed by atoms with van der Waals surface area (Å²) >= 11 is 0. The molecular formula is C17H23N3O. The molecule has 2 rings (SSSR count). The summed E-state index contributed by atoms with van der Waals surface area (Å²) in [6.45, 7) is 6.79. The van der Waals surface area contributed by atoms with E-state index in [9.17, 15) is 0 Å². The number of anilines is 2. The molecule has 0 aliphatic rings. The number of hydrogen-bond acceptors (Lipinski definition) is 4. The van der Waals surface area contributed by atoms with Crippen molar-refractivity contribution in [2.45, 2.75) is 39.8 Å². The molecule has 4 heteroatoms. The average molecular weight is 285 g/mol. The van der Waals surface area contributed by atoms with Crippen LogP contribution in [-0.2, 0) is 13.0 Å². The van der Waals surface area contributed by atoms with Crippen molar-refractivity contribution >= 4 is 11.5 Å². The number of aromatic nitrogens is 1. The van der Waals surface area contributed by atoms with Gasteiger partial charge in [0.25, 0.3) is 0 Å². The van der Waals surface area contributed by atoms with Gasteiger partial charge >= 0.3 is 0 Å². The van der Waals surface area contributed by atoms with Crippen molar-refractivity contribution in [3.05, 3.63) is 47.5 Å². The third kappa shape index (κ3) is 4.38. The molecule has 0 radical (unpaired) electrons. The zero-order valence-corrected chi connectivity index (χ0v) is 12.9. The Balaban J connectivity index is 2.02. The van der Waals surface area contributed by atoms with Crippen LogP contribution in [-0.4, -0.2) is 11.1 Å². The summed E-state index contributed by atoms with van der Waals surface area (Å²) in [5.74, 6) is 1.25. The van der Waals surface area contributed by atoms with Gasteiger partial charge in [-0.3, -0.25) is 0 Å². The summed E-state index contributed by atoms with van der Waals surface area (Å²) in [7, 11) is 0. The second kappa shape index (κ2) is 6.97. The van der Waals surface area contributed by atoms with E-state index in [4.69, 9.17) is 10.5 Å². The highest BCUT2D eigenvalue weighted by molar-refractivity contribution is 5.53. The van der Waals surface area contributed by atoms with Crippen LogP contribution in [0.25, 0.3) is 0 Å². The van der Waals surface area contributed by atoms with Crippen LogP contribution in [0.2, 0.25) is 0 Å². The van der Waals surface area contributed by atoms with Crippen molar-refractivity contribution in [2.75, 3.05) is 11.1 Å². The van der Waals surface area contributed by atoms with Crippen molar-refractivity contribution in [3.8, 4) is 5.88 Å². The molecule has 0 amide bonds. The van der Waals surface area contributed by atoms with Crippen LogP contribution < -0.4 is 15.8 Å². The Labute approximate surface area is 126 Å². The summed E-state index contributed by atoms with van der Waals surface area (Å²) in [4.78, 5) is 4.40. The Bertz CT molecular complexity index is 579. The molecule has 0 unspecified atom stereocenters. The monoisotopic (exact) mass is 285 g/mol. The molecule has 4 nitrogen and oxygen atoms in total. The Morgan fingerprint density at radius 1 is 1.10 bits per heavy atom. The number of rotatable bonds is 6. The van der Waals surface area contributed by atoms with E-state index in [0.717, 1.165) is 18.8 Å². The van der Waals surface area contributed by atoms with E-state index in [1.165, 1.54) is 11.1 Å². The number of ether oxygens (including phenoxy) is 1. The lowest BCUT2D eigenvalue weighted by molar-refractivity contribution is 0.234. The van der Waals surface area contributed by atoms with Gasteiger partial charge in [-0.2, -0.15) is 4.98 Å². The van der Waals surface area contributed by atoms with E-state index in [1.54, 1.807) is 0 Å². The standard InChI is InChI=1S/C17H23N3O/c1-4-13-5-7-14(8-6-13)11-19-16-10-9-15(18)17(20-16)21-12(2)3/h5-10,12H,4,11,18H2,1-3H3,(H,19,20). The molecule has 0 saturated carbocycles. The van der Waals surface area contributed by atoms with Gasteiger partial charge in [0.05, 0.1) is 11.8 Å². The summed E-state index contributed by atoms with van der Waals surface area (Å²) in [6, 6.07) is 12.3. The number of nitrogens with zero attached hydrogens (tertiary/aromatic N) is 1. The van der Waals surface area contributed by atoms with E-state index in [-0.39, 0.29) is 6.10 Å². The fourth-order valence-electron chi connectivity index (χ4n) is 1.95. The van der Waals surface area contributed by atoms with Gasteiger partial charge in [-0.05, 0) is 43.5 Å². The summed E-state index contributed by atoms with van der Waals surface area (Å²) in [6.07, 6.45) is 1.11. The van der Waals surface area contributed by atoms with Crippen molar-refractivity contribution in [2.24, 2.45) is 0 Å². The smallest absolute Gasteiger partial charge is 0.239 e. The number of aryl methyl sites for hydroxylation is 1. The van der Waals surface area contributed by atoms with E-state index in [1.807, 2.05) is 26.0 Å². The van der Waals surface area contributed by atoms with Gasteiger partial charge < -0.3 is 15.8 Å². The molecule has 3 N–H and O–H groups in total. The molecule has 0 saturated heterocycles. The van der Waals surface area contributed by atoms with Crippen molar-refractivity contribution in [1.29, 1.82) is 0 Å². The maximum atomic E-state index is 5.86. The largest absolute Gasteiger partial charge is 0.473 e. The number of benzene rings is 1. The van der Waals surface area contributed by atoms with Gasteiger partial charge in [-0.15, -0.1) is 0 Å². The number of nitrogens with one attached hydrogen (secondary N) is 1. The van der Waals surface area contributed by atoms with Gasteiger partial charge in [-0.25, -0.2) is 0 Å². The van der Waals surface area contributed by atoms with Gasteiger partial charge in [0.1, 0.15) is 5.82 Å². The van der Waals surface area contributed by atoms with Gasteiger partial charge in [0, 0.05) is 6.54 Å². The lowest BCUT2D eigenvalue weighted by atomic mass is 10.1. The first-order valence-electron chi connectivity index (χ1n) is 7.33. The molecule has 112 valence electrons. The topological polar surface area (TPSA) is 60.2 Å². The number of nitrogen functional groups attached to an aromatic ring is 1. The Hall–Kier alpha value is -2.23. The molecule has 0 aliphatic heterocycles. The third-order valence-corrected chi connectivity index (χ3v) is 3.14. The maximum Gasteiger partial charge on any atom is 0.239 e. The predicted molar refractivity (Wildman–Crippen MR) is 87.6 cm³/mol. The summed E-state index contributed by atoms with van der Waals surface area (Å²) in [5, 5.41) is 3.29. The van der Waals surface area contributed by atoms with Crippen LogP contribution in [0.5, 0.6) is 5.88 Å². The molecular weight excluding hydrogens is 262 g/mol. The summed E-state index contributed by atoms with van der Waals surface area (Å²) in [5.41, 5.74) is 8.98. The van der Waals surface area contributed by atoms with Crippen LogP contribution in [0.1, 0.15) is 31.9 Å². The van der Waals surface area contributed by atoms with Crippen molar-refractivity contribution in [3.63, 3.8) is 0 Å². The van der Waals surface area contributed by atoms with Gasteiger partial charge in [-0.1, -0.05) is 31.2 Å². The first-order chi connectivity index (χ1) is 10.1. The van der Waals surface area contributed by atoms with Crippen molar-refractivity contribution < 1.29 is 4.74 Å². The molecule has 1 heterocycles. The Morgan fingerprint density at radius 3 is 2.38 bits per heavy atom. The van der Waals surface area contributed by atoms with Crippen LogP contribution in [0.4, 0.5) is 11.5 Å². The van der Waals surface area contributed by atoms with E-state index >= 15 is 0 Å². The molecule has 1 aromatic heterocycles. The molecule has 2 aromatic rings. The van der Waals surface area contributed by atoms with Crippen molar-refractivity contribution in [1.82, 2.24) is 4.98 Å². The normalized spacial score (nSPS) is 10.7. The third-order valence-electron chi connectivity index (χ3n) is 3.14. The van der Waals surface area contributed by atoms with E-state index in [0.29, 0.717) is 11.6 Å². The van der Waals surface area contributed by atoms with E-state index < -0.39 is 0 Å². The first-order valence-corrected chi connectivity index (χ1v) is 7.33. The fourth-order valence-corrected chi connectivity index (χ4v) is 1.95. The average Bonchev–Trinajstić information content (AvgIpc) is 2.48. The highest BCUT2D eigenvalue weighted by Crippen LogP contribution is 2.22. The molecule has 0 fully saturated rings. The number of hydrogen-bond donors (Lipinski definition) is 2. The zero-order valence-electron chi connectivity index (χ0n) is 12.9. The fraction of sp³-hybridized carbons (Fsp3) is 0.353. The number of pyridine rings is 1. The van der Waals surface area contributed by atoms with Crippen LogP contribution in [0.15, 0.2) is 36.4 Å². The number of nitrogens with two attached hydrogens (primary N) is 1. The minimum Gasteiger partial charge on any atom is -0.473 e. The molecule has 1 aromatic carbocycles. The highest BCUT2D eigenvalue weighted by atomic mass is 16.5. The SMILES string of the molecule is CCc1ccc(CNc2ccc(N)c(OC(C)C)n2)cc1. The molecule has 0 bridgehead atoms. The molecule has 21 heavy (non-hydrogen) atoms. The minimum atomic E-state index is 0.0524. The lowest BCUT2D eigenvalue weighted by Gasteiger charge is -2.13. The maximum absolute atomic E-state index is 5.86. The lowest BCUT2D eigenvalue weighted by Crippen LogP contribution is -2.10. The van der Waals surface area contributed by atoms with Crippen LogP contribution in [0, 0.1) is 0 Å². The molecule has 0 aliphatic carbocycles. The van der Waals surface area contributed by atoms with Crippen LogP contribution in [0.3, 0.4) is 0 Å². The Morgan fingerprint density at radius 2 is 1.76 bits per heavy atom. The van der Waals surface area contributed by atoms with Crippen LogP contribution >= 0.6 is 0 Å². The molecule has 0 atom stereocenters. The second-order valence-corrected chi connectivity index (χ2v) is 5.28. The first kappa shape index (κ1) is 15.2. The van der Waals surface area contributed by atoms with Gasteiger partial charge in [0.2, 0.25) is 5.88 Å². The quantitative estimate of drug-likeness (QED) is 0.851.